The van der Waals surface area contributed by atoms with E-state index < -0.39 is 0 Å². The smallest absolute Gasteiger partial charge is 0.234 e. The number of rotatable bonds is 3. The highest BCUT2D eigenvalue weighted by molar-refractivity contribution is 5.78. The molecule has 18 heavy (non-hydrogen) atoms. The third-order valence-electron chi connectivity index (χ3n) is 4.55. The fourth-order valence-electron chi connectivity index (χ4n) is 3.04. The van der Waals surface area contributed by atoms with Crippen LogP contribution in [0.3, 0.4) is 0 Å². The maximum atomic E-state index is 12.0. The standard InChI is InChI=1S/C15H28N2O/c1-15(2)8-10-17(11-9-15)12-14(18)16-13-6-4-3-5-7-13/h13H,3-12H2,1-2H3,(H,16,18). The summed E-state index contributed by atoms with van der Waals surface area (Å²) in [5.74, 6) is 0.238. The monoisotopic (exact) mass is 252 g/mol. The molecule has 1 heterocycles. The summed E-state index contributed by atoms with van der Waals surface area (Å²) in [4.78, 5) is 14.3. The van der Waals surface area contributed by atoms with Crippen molar-refractivity contribution < 1.29 is 4.79 Å². The van der Waals surface area contributed by atoms with Crippen molar-refractivity contribution in [2.75, 3.05) is 19.6 Å². The number of nitrogens with one attached hydrogen (secondary N) is 1. The first-order chi connectivity index (χ1) is 8.55. The van der Waals surface area contributed by atoms with Crippen molar-refractivity contribution >= 4 is 5.91 Å². The van der Waals surface area contributed by atoms with Gasteiger partial charge in [0.25, 0.3) is 0 Å². The summed E-state index contributed by atoms with van der Waals surface area (Å²) >= 11 is 0. The summed E-state index contributed by atoms with van der Waals surface area (Å²) in [5, 5.41) is 3.21. The molecule has 1 saturated heterocycles. The molecule has 0 aromatic heterocycles. The minimum Gasteiger partial charge on any atom is -0.352 e. The highest BCUT2D eigenvalue weighted by Gasteiger charge is 2.26. The van der Waals surface area contributed by atoms with E-state index >= 15 is 0 Å². The molecule has 0 bridgehead atoms. The second kappa shape index (κ2) is 6.05. The van der Waals surface area contributed by atoms with Crippen LogP contribution in [0.4, 0.5) is 0 Å². The number of carbonyl (C=O) groups is 1. The molecule has 1 aliphatic carbocycles. The Balaban J connectivity index is 1.68. The zero-order valence-corrected chi connectivity index (χ0v) is 12.0. The van der Waals surface area contributed by atoms with Crippen LogP contribution in [0.25, 0.3) is 0 Å². The Morgan fingerprint density at radius 2 is 1.78 bits per heavy atom. The lowest BCUT2D eigenvalue weighted by molar-refractivity contribution is -0.123. The molecule has 0 atom stereocenters. The first-order valence-corrected chi connectivity index (χ1v) is 7.57. The van der Waals surface area contributed by atoms with Gasteiger partial charge in [-0.2, -0.15) is 0 Å². The lowest BCUT2D eigenvalue weighted by Gasteiger charge is -2.36. The molecule has 104 valence electrons. The van der Waals surface area contributed by atoms with Crippen molar-refractivity contribution in [2.24, 2.45) is 5.41 Å². The Morgan fingerprint density at radius 3 is 2.39 bits per heavy atom. The molecule has 2 aliphatic rings. The summed E-state index contributed by atoms with van der Waals surface area (Å²) in [5.41, 5.74) is 0.469. The zero-order chi connectivity index (χ0) is 13.0. The molecule has 1 N–H and O–H groups in total. The lowest BCUT2D eigenvalue weighted by Crippen LogP contribution is -2.46. The van der Waals surface area contributed by atoms with Crippen LogP contribution in [0.1, 0.15) is 58.8 Å². The minimum absolute atomic E-state index is 0.238. The van der Waals surface area contributed by atoms with E-state index in [1.165, 1.54) is 44.9 Å². The molecular weight excluding hydrogens is 224 g/mol. The average molecular weight is 252 g/mol. The highest BCUT2D eigenvalue weighted by Crippen LogP contribution is 2.29. The van der Waals surface area contributed by atoms with Gasteiger partial charge >= 0.3 is 0 Å². The molecule has 0 spiro atoms. The van der Waals surface area contributed by atoms with Gasteiger partial charge in [0, 0.05) is 6.04 Å². The van der Waals surface area contributed by atoms with Gasteiger partial charge in [-0.05, 0) is 44.2 Å². The van der Waals surface area contributed by atoms with Crippen LogP contribution < -0.4 is 5.32 Å². The van der Waals surface area contributed by atoms with Gasteiger partial charge in [0.15, 0.2) is 0 Å². The first kappa shape index (κ1) is 13.9. The molecule has 1 amide bonds. The molecule has 3 heteroatoms. The van der Waals surface area contributed by atoms with Crippen LogP contribution in [0.5, 0.6) is 0 Å². The Bertz CT molecular complexity index is 272. The molecule has 0 aromatic rings. The van der Waals surface area contributed by atoms with Crippen molar-refractivity contribution in [1.29, 1.82) is 0 Å². The fourth-order valence-corrected chi connectivity index (χ4v) is 3.04. The van der Waals surface area contributed by atoms with Gasteiger partial charge in [0.05, 0.1) is 6.54 Å². The quantitative estimate of drug-likeness (QED) is 0.837. The number of hydrogen-bond donors (Lipinski definition) is 1. The topological polar surface area (TPSA) is 32.3 Å². The second-order valence-corrected chi connectivity index (χ2v) is 6.84. The molecule has 1 aliphatic heterocycles. The van der Waals surface area contributed by atoms with E-state index in [0.29, 0.717) is 18.0 Å². The summed E-state index contributed by atoms with van der Waals surface area (Å²) in [6.07, 6.45) is 8.68. The third kappa shape index (κ3) is 4.27. The van der Waals surface area contributed by atoms with Crippen LogP contribution >= 0.6 is 0 Å². The second-order valence-electron chi connectivity index (χ2n) is 6.84. The van der Waals surface area contributed by atoms with E-state index in [-0.39, 0.29) is 5.91 Å². The van der Waals surface area contributed by atoms with E-state index in [2.05, 4.69) is 24.1 Å². The molecular formula is C15H28N2O. The molecule has 3 nitrogen and oxygen atoms in total. The van der Waals surface area contributed by atoms with Crippen molar-refractivity contribution in [3.63, 3.8) is 0 Å². The van der Waals surface area contributed by atoms with E-state index in [4.69, 9.17) is 0 Å². The number of likely N-dealkylation sites (tertiary alicyclic amines) is 1. The van der Waals surface area contributed by atoms with E-state index in [1.54, 1.807) is 0 Å². The van der Waals surface area contributed by atoms with Gasteiger partial charge in [-0.1, -0.05) is 33.1 Å². The van der Waals surface area contributed by atoms with Gasteiger partial charge in [0.1, 0.15) is 0 Å². The Hall–Kier alpha value is -0.570. The fraction of sp³-hybridized carbons (Fsp3) is 0.933. The SMILES string of the molecule is CC1(C)CCN(CC(=O)NC2CCCCC2)CC1. The molecule has 1 saturated carbocycles. The van der Waals surface area contributed by atoms with E-state index in [0.717, 1.165) is 13.1 Å². The van der Waals surface area contributed by atoms with Crippen LogP contribution in [0.15, 0.2) is 0 Å². The third-order valence-corrected chi connectivity index (χ3v) is 4.55. The number of nitrogens with zero attached hydrogens (tertiary/aromatic N) is 1. The van der Waals surface area contributed by atoms with Gasteiger partial charge in [0.2, 0.25) is 5.91 Å². The van der Waals surface area contributed by atoms with Gasteiger partial charge < -0.3 is 5.32 Å². The first-order valence-electron chi connectivity index (χ1n) is 7.57. The van der Waals surface area contributed by atoms with Crippen molar-refractivity contribution in [1.82, 2.24) is 10.2 Å². The molecule has 0 radical (unpaired) electrons. The number of hydrogen-bond acceptors (Lipinski definition) is 2. The summed E-state index contributed by atoms with van der Waals surface area (Å²) in [6, 6.07) is 0.451. The molecule has 0 unspecified atom stereocenters. The van der Waals surface area contributed by atoms with Gasteiger partial charge in [-0.15, -0.1) is 0 Å². The summed E-state index contributed by atoms with van der Waals surface area (Å²) < 4.78 is 0. The number of carbonyl (C=O) groups excluding carboxylic acids is 1. The highest BCUT2D eigenvalue weighted by atomic mass is 16.2. The van der Waals surface area contributed by atoms with E-state index in [1.807, 2.05) is 0 Å². The van der Waals surface area contributed by atoms with Gasteiger partial charge in [-0.25, -0.2) is 0 Å². The van der Waals surface area contributed by atoms with E-state index in [9.17, 15) is 4.79 Å². The maximum Gasteiger partial charge on any atom is 0.234 e. The zero-order valence-electron chi connectivity index (χ0n) is 12.0. The maximum absolute atomic E-state index is 12.0. The van der Waals surface area contributed by atoms with Crippen LogP contribution in [-0.2, 0) is 4.79 Å². The predicted octanol–water partition coefficient (Wildman–Crippen LogP) is 2.56. The predicted molar refractivity (Wildman–Crippen MR) is 74.5 cm³/mol. The van der Waals surface area contributed by atoms with Crippen molar-refractivity contribution in [3.8, 4) is 0 Å². The van der Waals surface area contributed by atoms with Crippen LogP contribution in [0, 0.1) is 5.41 Å². The Labute approximate surface area is 111 Å². The normalized spacial score (nSPS) is 25.9. The molecule has 2 fully saturated rings. The van der Waals surface area contributed by atoms with Crippen LogP contribution in [-0.4, -0.2) is 36.5 Å². The lowest BCUT2D eigenvalue weighted by atomic mass is 9.83. The summed E-state index contributed by atoms with van der Waals surface area (Å²) in [6.45, 7) is 7.40. The largest absolute Gasteiger partial charge is 0.352 e. The Kier molecular flexibility index (Phi) is 4.66. The van der Waals surface area contributed by atoms with Crippen molar-refractivity contribution in [2.45, 2.75) is 64.8 Å². The average Bonchev–Trinajstić information content (AvgIpc) is 2.33. The molecule has 2 rings (SSSR count). The minimum atomic E-state index is 0.238. The Morgan fingerprint density at radius 1 is 1.17 bits per heavy atom. The summed E-state index contributed by atoms with van der Waals surface area (Å²) in [7, 11) is 0. The van der Waals surface area contributed by atoms with Crippen LogP contribution in [0.2, 0.25) is 0 Å². The molecule has 0 aromatic carbocycles. The van der Waals surface area contributed by atoms with Gasteiger partial charge in [-0.3, -0.25) is 9.69 Å². The number of piperidine rings is 1. The number of amides is 1. The van der Waals surface area contributed by atoms with Crippen molar-refractivity contribution in [3.05, 3.63) is 0 Å².